The first kappa shape index (κ1) is 22.6. The highest BCUT2D eigenvalue weighted by Gasteiger charge is 2.15. The molecule has 1 N–H and O–H groups in total. The topological polar surface area (TPSA) is 49.0 Å². The van der Waals surface area contributed by atoms with Crippen molar-refractivity contribution < 1.29 is 23.3 Å². The minimum absolute atomic E-state index is 0.00713. The molecule has 0 radical (unpaired) electrons. The van der Waals surface area contributed by atoms with Crippen LogP contribution < -0.4 is 24.3 Å². The summed E-state index contributed by atoms with van der Waals surface area (Å²) in [5, 5.41) is 3.71. The SMILES string of the molecule is CCOc1cc(CNc2ccc3c(c2)OCCO3)c(Br)cc1OCc1c(F)cccc1Cl. The third-order valence-corrected chi connectivity index (χ3v) is 5.96. The van der Waals surface area contributed by atoms with Gasteiger partial charge in [0.2, 0.25) is 0 Å². The summed E-state index contributed by atoms with van der Waals surface area (Å²) < 4.78 is 37.8. The fourth-order valence-corrected chi connectivity index (χ4v) is 3.94. The number of hydrogen-bond acceptors (Lipinski definition) is 5. The summed E-state index contributed by atoms with van der Waals surface area (Å²) >= 11 is 9.71. The van der Waals surface area contributed by atoms with E-state index in [4.69, 9.17) is 30.5 Å². The fraction of sp³-hybridized carbons (Fsp3) is 0.250. The van der Waals surface area contributed by atoms with Crippen LogP contribution in [0.3, 0.4) is 0 Å². The fourth-order valence-electron chi connectivity index (χ4n) is 3.26. The van der Waals surface area contributed by atoms with Crippen LogP contribution in [-0.2, 0) is 13.2 Å². The average molecular weight is 523 g/mol. The molecule has 0 saturated carbocycles. The Morgan fingerprint density at radius 1 is 1.03 bits per heavy atom. The molecule has 1 aliphatic rings. The molecule has 5 nitrogen and oxygen atoms in total. The lowest BCUT2D eigenvalue weighted by atomic mass is 10.2. The Kier molecular flexibility index (Phi) is 7.27. The molecule has 32 heavy (non-hydrogen) atoms. The molecule has 0 bridgehead atoms. The van der Waals surface area contributed by atoms with Gasteiger partial charge >= 0.3 is 0 Å². The molecule has 168 valence electrons. The molecule has 0 atom stereocenters. The van der Waals surface area contributed by atoms with Crippen LogP contribution in [0.15, 0.2) is 53.0 Å². The maximum Gasteiger partial charge on any atom is 0.163 e. The smallest absolute Gasteiger partial charge is 0.163 e. The maximum absolute atomic E-state index is 14.1. The van der Waals surface area contributed by atoms with Crippen molar-refractivity contribution in [1.29, 1.82) is 0 Å². The molecule has 8 heteroatoms. The Balaban J connectivity index is 1.49. The van der Waals surface area contributed by atoms with Crippen LogP contribution in [0.1, 0.15) is 18.1 Å². The monoisotopic (exact) mass is 521 g/mol. The van der Waals surface area contributed by atoms with Crippen LogP contribution in [0.5, 0.6) is 23.0 Å². The highest BCUT2D eigenvalue weighted by atomic mass is 79.9. The van der Waals surface area contributed by atoms with E-state index in [0.717, 1.165) is 27.2 Å². The van der Waals surface area contributed by atoms with Gasteiger partial charge in [0.15, 0.2) is 23.0 Å². The van der Waals surface area contributed by atoms with E-state index in [1.54, 1.807) is 12.1 Å². The van der Waals surface area contributed by atoms with Crippen molar-refractivity contribution in [1.82, 2.24) is 0 Å². The maximum atomic E-state index is 14.1. The number of nitrogens with one attached hydrogen (secondary N) is 1. The molecule has 3 aromatic rings. The molecule has 4 rings (SSSR count). The van der Waals surface area contributed by atoms with Gasteiger partial charge in [0.1, 0.15) is 25.6 Å². The minimum Gasteiger partial charge on any atom is -0.490 e. The summed E-state index contributed by atoms with van der Waals surface area (Å²) in [5.74, 6) is 2.14. The standard InChI is InChI=1S/C24H22BrClFNO4/c1-2-29-22-10-15(13-28-16-6-7-21-23(11-16)31-9-8-30-21)18(25)12-24(22)32-14-17-19(26)4-3-5-20(17)27/h3-7,10-12,28H,2,8-9,13-14H2,1H3. The van der Waals surface area contributed by atoms with Crippen molar-refractivity contribution in [2.45, 2.75) is 20.1 Å². The zero-order valence-electron chi connectivity index (χ0n) is 17.4. The van der Waals surface area contributed by atoms with Crippen molar-refractivity contribution in [3.8, 4) is 23.0 Å². The molecule has 0 saturated heterocycles. The molecular weight excluding hydrogens is 501 g/mol. The second kappa shape index (κ2) is 10.3. The lowest BCUT2D eigenvalue weighted by Gasteiger charge is -2.19. The zero-order valence-corrected chi connectivity index (χ0v) is 19.8. The summed E-state index contributed by atoms with van der Waals surface area (Å²) in [7, 11) is 0. The highest BCUT2D eigenvalue weighted by molar-refractivity contribution is 9.10. The number of ether oxygens (including phenoxy) is 4. The Bertz CT molecular complexity index is 1090. The summed E-state index contributed by atoms with van der Waals surface area (Å²) in [5.41, 5.74) is 2.19. The number of benzene rings is 3. The number of halogens is 3. The summed E-state index contributed by atoms with van der Waals surface area (Å²) in [4.78, 5) is 0. The third-order valence-electron chi connectivity index (χ3n) is 4.87. The number of rotatable bonds is 8. The highest BCUT2D eigenvalue weighted by Crippen LogP contribution is 2.36. The van der Waals surface area contributed by atoms with Crippen LogP contribution in [0.25, 0.3) is 0 Å². The molecule has 1 aliphatic heterocycles. The molecule has 0 spiro atoms. The lowest BCUT2D eigenvalue weighted by molar-refractivity contribution is 0.171. The van der Waals surface area contributed by atoms with Crippen LogP contribution in [-0.4, -0.2) is 19.8 Å². The van der Waals surface area contributed by atoms with Gasteiger partial charge in [0, 0.05) is 28.3 Å². The Morgan fingerprint density at radius 3 is 2.59 bits per heavy atom. The van der Waals surface area contributed by atoms with E-state index in [0.29, 0.717) is 48.5 Å². The van der Waals surface area contributed by atoms with E-state index in [9.17, 15) is 4.39 Å². The van der Waals surface area contributed by atoms with Gasteiger partial charge in [-0.15, -0.1) is 0 Å². The van der Waals surface area contributed by atoms with Crippen molar-refractivity contribution in [2.75, 3.05) is 25.1 Å². The Hall–Kier alpha value is -2.64. The van der Waals surface area contributed by atoms with Gasteiger partial charge in [-0.3, -0.25) is 0 Å². The lowest BCUT2D eigenvalue weighted by Crippen LogP contribution is -2.15. The Labute approximate surface area is 199 Å². The molecule has 0 fully saturated rings. The summed E-state index contributed by atoms with van der Waals surface area (Å²) in [6, 6.07) is 14.0. The van der Waals surface area contributed by atoms with E-state index in [2.05, 4.69) is 21.2 Å². The number of anilines is 1. The van der Waals surface area contributed by atoms with E-state index in [1.165, 1.54) is 6.07 Å². The third kappa shape index (κ3) is 5.22. The summed E-state index contributed by atoms with van der Waals surface area (Å²) in [6.45, 7) is 4.00. The Morgan fingerprint density at radius 2 is 1.81 bits per heavy atom. The predicted molar refractivity (Wildman–Crippen MR) is 126 cm³/mol. The van der Waals surface area contributed by atoms with Crippen molar-refractivity contribution in [3.05, 3.63) is 75.0 Å². The minimum atomic E-state index is -0.408. The van der Waals surface area contributed by atoms with Gasteiger partial charge in [-0.25, -0.2) is 4.39 Å². The molecule has 3 aromatic carbocycles. The van der Waals surface area contributed by atoms with E-state index in [1.807, 2.05) is 37.3 Å². The van der Waals surface area contributed by atoms with Gasteiger partial charge in [0.25, 0.3) is 0 Å². The quantitative estimate of drug-likeness (QED) is 0.361. The van der Waals surface area contributed by atoms with Crippen LogP contribution in [0.2, 0.25) is 5.02 Å². The first-order chi connectivity index (χ1) is 15.5. The zero-order chi connectivity index (χ0) is 22.5. The van der Waals surface area contributed by atoms with Gasteiger partial charge in [-0.1, -0.05) is 33.6 Å². The number of fused-ring (bicyclic) bond motifs is 1. The van der Waals surface area contributed by atoms with Gasteiger partial charge in [-0.05, 0) is 48.9 Å². The number of hydrogen-bond donors (Lipinski definition) is 1. The largest absolute Gasteiger partial charge is 0.490 e. The molecule has 0 aliphatic carbocycles. The van der Waals surface area contributed by atoms with Crippen LogP contribution >= 0.6 is 27.5 Å². The van der Waals surface area contributed by atoms with Crippen molar-refractivity contribution >= 4 is 33.2 Å². The van der Waals surface area contributed by atoms with E-state index in [-0.39, 0.29) is 6.61 Å². The molecular formula is C24H22BrClFNO4. The van der Waals surface area contributed by atoms with Crippen molar-refractivity contribution in [3.63, 3.8) is 0 Å². The molecule has 0 aromatic heterocycles. The first-order valence-electron chi connectivity index (χ1n) is 10.2. The molecule has 0 unspecified atom stereocenters. The summed E-state index contributed by atoms with van der Waals surface area (Å²) in [6.07, 6.45) is 0. The predicted octanol–water partition coefficient (Wildman–Crippen LogP) is 6.60. The van der Waals surface area contributed by atoms with Crippen LogP contribution in [0, 0.1) is 5.82 Å². The van der Waals surface area contributed by atoms with E-state index < -0.39 is 5.82 Å². The van der Waals surface area contributed by atoms with Gasteiger partial charge in [-0.2, -0.15) is 0 Å². The van der Waals surface area contributed by atoms with Crippen LogP contribution in [0.4, 0.5) is 10.1 Å². The van der Waals surface area contributed by atoms with Crippen molar-refractivity contribution in [2.24, 2.45) is 0 Å². The van der Waals surface area contributed by atoms with Gasteiger partial charge < -0.3 is 24.3 Å². The van der Waals surface area contributed by atoms with E-state index >= 15 is 0 Å². The molecule has 0 amide bonds. The second-order valence-corrected chi connectivity index (χ2v) is 8.29. The van der Waals surface area contributed by atoms with Gasteiger partial charge in [0.05, 0.1) is 11.6 Å². The normalized spacial score (nSPS) is 12.4. The molecule has 1 heterocycles. The average Bonchev–Trinajstić information content (AvgIpc) is 2.79. The first-order valence-corrected chi connectivity index (χ1v) is 11.4. The second-order valence-electron chi connectivity index (χ2n) is 7.02.